The fraction of sp³-hybridized carbons (Fsp3) is 0.533. The van der Waals surface area contributed by atoms with Gasteiger partial charge in [-0.1, -0.05) is 26.0 Å². The van der Waals surface area contributed by atoms with Crippen molar-refractivity contribution in [1.29, 1.82) is 0 Å². The molecular formula is C15H25N3O. The minimum atomic E-state index is 0.000654. The van der Waals surface area contributed by atoms with E-state index in [4.69, 9.17) is 5.73 Å². The van der Waals surface area contributed by atoms with Crippen LogP contribution < -0.4 is 11.1 Å². The van der Waals surface area contributed by atoms with Crippen molar-refractivity contribution < 1.29 is 4.79 Å². The highest BCUT2D eigenvalue weighted by Gasteiger charge is 2.14. The van der Waals surface area contributed by atoms with Crippen LogP contribution in [0.25, 0.3) is 0 Å². The van der Waals surface area contributed by atoms with Gasteiger partial charge in [-0.3, -0.25) is 4.79 Å². The summed E-state index contributed by atoms with van der Waals surface area (Å²) in [4.78, 5) is 14.1. The first-order chi connectivity index (χ1) is 8.91. The molecule has 0 saturated heterocycles. The number of hydrogen-bond donors (Lipinski definition) is 2. The van der Waals surface area contributed by atoms with Crippen molar-refractivity contribution in [2.45, 2.75) is 33.2 Å². The van der Waals surface area contributed by atoms with E-state index in [1.54, 1.807) is 6.07 Å². The first kappa shape index (κ1) is 15.5. The van der Waals surface area contributed by atoms with Crippen LogP contribution in [0.15, 0.2) is 24.3 Å². The highest BCUT2D eigenvalue weighted by Crippen LogP contribution is 2.17. The van der Waals surface area contributed by atoms with Gasteiger partial charge in [0.15, 0.2) is 0 Å². The molecule has 1 atom stereocenters. The van der Waals surface area contributed by atoms with E-state index in [1.807, 2.05) is 18.2 Å². The standard InChI is InChI=1S/C15H25N3O/c1-11(2)12(3)18(4)10-9-15(19)17-14-8-6-5-7-13(14)16/h5-8,11-12H,9-10,16H2,1-4H3,(H,17,19). The number of nitrogens with one attached hydrogen (secondary N) is 1. The van der Waals surface area contributed by atoms with Crippen molar-refractivity contribution in [1.82, 2.24) is 4.90 Å². The molecule has 1 rings (SSSR count). The molecule has 0 aliphatic rings. The second-order valence-electron chi connectivity index (χ2n) is 5.35. The average molecular weight is 263 g/mol. The molecule has 1 unspecified atom stereocenters. The van der Waals surface area contributed by atoms with E-state index in [0.29, 0.717) is 29.8 Å². The lowest BCUT2D eigenvalue weighted by atomic mass is 10.1. The molecule has 4 heteroatoms. The van der Waals surface area contributed by atoms with Crippen molar-refractivity contribution in [2.75, 3.05) is 24.6 Å². The van der Waals surface area contributed by atoms with E-state index in [0.717, 1.165) is 6.54 Å². The molecule has 0 aromatic heterocycles. The molecule has 0 bridgehead atoms. The zero-order chi connectivity index (χ0) is 14.4. The van der Waals surface area contributed by atoms with Crippen molar-refractivity contribution in [3.63, 3.8) is 0 Å². The second-order valence-corrected chi connectivity index (χ2v) is 5.35. The van der Waals surface area contributed by atoms with Gasteiger partial charge in [0.05, 0.1) is 11.4 Å². The highest BCUT2D eigenvalue weighted by atomic mass is 16.1. The third-order valence-corrected chi connectivity index (χ3v) is 3.59. The second kappa shape index (κ2) is 7.14. The molecule has 3 N–H and O–H groups in total. The summed E-state index contributed by atoms with van der Waals surface area (Å²) in [5, 5.41) is 2.84. The van der Waals surface area contributed by atoms with Gasteiger partial charge in [-0.25, -0.2) is 0 Å². The maximum atomic E-state index is 11.9. The van der Waals surface area contributed by atoms with Gasteiger partial charge in [0.25, 0.3) is 0 Å². The lowest BCUT2D eigenvalue weighted by Gasteiger charge is -2.27. The number of benzene rings is 1. The highest BCUT2D eigenvalue weighted by molar-refractivity contribution is 5.93. The van der Waals surface area contributed by atoms with Gasteiger partial charge in [0.1, 0.15) is 0 Å². The topological polar surface area (TPSA) is 58.4 Å². The maximum absolute atomic E-state index is 11.9. The summed E-state index contributed by atoms with van der Waals surface area (Å²) in [5.74, 6) is 0.582. The third kappa shape index (κ3) is 4.91. The third-order valence-electron chi connectivity index (χ3n) is 3.59. The molecule has 1 amide bonds. The summed E-state index contributed by atoms with van der Waals surface area (Å²) in [7, 11) is 2.05. The fourth-order valence-corrected chi connectivity index (χ4v) is 1.81. The van der Waals surface area contributed by atoms with Crippen molar-refractivity contribution >= 4 is 17.3 Å². The minimum Gasteiger partial charge on any atom is -0.397 e. The Bertz CT molecular complexity index is 418. The number of nitrogens with zero attached hydrogens (tertiary/aromatic N) is 1. The predicted molar refractivity (Wildman–Crippen MR) is 81.0 cm³/mol. The molecule has 0 heterocycles. The Kier molecular flexibility index (Phi) is 5.83. The fourth-order valence-electron chi connectivity index (χ4n) is 1.81. The summed E-state index contributed by atoms with van der Waals surface area (Å²) in [6.07, 6.45) is 0.474. The summed E-state index contributed by atoms with van der Waals surface area (Å²) in [6, 6.07) is 7.77. The maximum Gasteiger partial charge on any atom is 0.225 e. The molecule has 0 spiro atoms. The molecule has 0 fully saturated rings. The van der Waals surface area contributed by atoms with Gasteiger partial charge in [-0.2, -0.15) is 0 Å². The molecule has 1 aromatic rings. The van der Waals surface area contributed by atoms with Crippen LogP contribution in [-0.4, -0.2) is 30.4 Å². The van der Waals surface area contributed by atoms with Crippen molar-refractivity contribution in [3.8, 4) is 0 Å². The number of carbonyl (C=O) groups excluding carboxylic acids is 1. The number of para-hydroxylation sites is 2. The SMILES string of the molecule is CC(C)C(C)N(C)CCC(=O)Nc1ccccc1N. The van der Waals surface area contributed by atoms with Crippen LogP contribution in [0.4, 0.5) is 11.4 Å². The van der Waals surface area contributed by atoms with Gasteiger partial charge >= 0.3 is 0 Å². The number of nitrogen functional groups attached to an aromatic ring is 1. The lowest BCUT2D eigenvalue weighted by molar-refractivity contribution is -0.116. The molecule has 4 nitrogen and oxygen atoms in total. The van der Waals surface area contributed by atoms with Gasteiger partial charge < -0.3 is 16.0 Å². The number of rotatable bonds is 6. The lowest BCUT2D eigenvalue weighted by Crippen LogP contribution is -2.35. The molecule has 0 radical (unpaired) electrons. The van der Waals surface area contributed by atoms with Gasteiger partial charge in [-0.05, 0) is 32.0 Å². The smallest absolute Gasteiger partial charge is 0.225 e. The van der Waals surface area contributed by atoms with Crippen molar-refractivity contribution in [3.05, 3.63) is 24.3 Å². The Hall–Kier alpha value is -1.55. The number of nitrogens with two attached hydrogens (primary N) is 1. The number of hydrogen-bond acceptors (Lipinski definition) is 3. The van der Waals surface area contributed by atoms with E-state index in [2.05, 4.69) is 38.0 Å². The molecule has 19 heavy (non-hydrogen) atoms. The van der Waals surface area contributed by atoms with Crippen LogP contribution in [0.1, 0.15) is 27.2 Å². The zero-order valence-electron chi connectivity index (χ0n) is 12.3. The molecule has 0 saturated carbocycles. The normalized spacial score (nSPS) is 12.7. The Morgan fingerprint density at radius 1 is 1.32 bits per heavy atom. The van der Waals surface area contributed by atoms with Crippen LogP contribution in [0, 0.1) is 5.92 Å². The number of carbonyl (C=O) groups is 1. The monoisotopic (exact) mass is 263 g/mol. The zero-order valence-corrected chi connectivity index (χ0v) is 12.3. The Labute approximate surface area is 116 Å². The largest absolute Gasteiger partial charge is 0.397 e. The van der Waals surface area contributed by atoms with Crippen molar-refractivity contribution in [2.24, 2.45) is 5.92 Å². The Morgan fingerprint density at radius 3 is 2.53 bits per heavy atom. The van der Waals surface area contributed by atoms with E-state index in [-0.39, 0.29) is 5.91 Å². The average Bonchev–Trinajstić information content (AvgIpc) is 2.37. The summed E-state index contributed by atoms with van der Waals surface area (Å²) in [6.45, 7) is 7.30. The van der Waals surface area contributed by atoms with Gasteiger partial charge in [0.2, 0.25) is 5.91 Å². The van der Waals surface area contributed by atoms with Crippen LogP contribution >= 0.6 is 0 Å². The van der Waals surface area contributed by atoms with E-state index >= 15 is 0 Å². The van der Waals surface area contributed by atoms with Gasteiger partial charge in [0, 0.05) is 19.0 Å². The van der Waals surface area contributed by atoms with Crippen LogP contribution in [0.3, 0.4) is 0 Å². The Balaban J connectivity index is 2.42. The molecule has 0 aliphatic carbocycles. The first-order valence-electron chi connectivity index (χ1n) is 6.76. The first-order valence-corrected chi connectivity index (χ1v) is 6.76. The number of amides is 1. The molecule has 0 aliphatic heterocycles. The summed E-state index contributed by atoms with van der Waals surface area (Å²) >= 11 is 0. The molecular weight excluding hydrogens is 238 g/mol. The molecule has 1 aromatic carbocycles. The predicted octanol–water partition coefficient (Wildman–Crippen LogP) is 2.57. The van der Waals surface area contributed by atoms with Crippen LogP contribution in [0.5, 0.6) is 0 Å². The van der Waals surface area contributed by atoms with E-state index in [1.165, 1.54) is 0 Å². The minimum absolute atomic E-state index is 0.000654. The van der Waals surface area contributed by atoms with Gasteiger partial charge in [-0.15, -0.1) is 0 Å². The Morgan fingerprint density at radius 2 is 1.95 bits per heavy atom. The summed E-state index contributed by atoms with van der Waals surface area (Å²) in [5.41, 5.74) is 7.07. The van der Waals surface area contributed by atoms with Crippen LogP contribution in [0.2, 0.25) is 0 Å². The number of anilines is 2. The van der Waals surface area contributed by atoms with Crippen LogP contribution in [-0.2, 0) is 4.79 Å². The quantitative estimate of drug-likeness (QED) is 0.776. The van der Waals surface area contributed by atoms with E-state index < -0.39 is 0 Å². The molecule has 106 valence electrons. The summed E-state index contributed by atoms with van der Waals surface area (Å²) < 4.78 is 0. The van der Waals surface area contributed by atoms with E-state index in [9.17, 15) is 4.79 Å².